The molecule has 1 rings (SSSR count). The number of sulfone groups is 1. The van der Waals surface area contributed by atoms with Gasteiger partial charge in [-0.1, -0.05) is 6.07 Å². The molecule has 0 amide bonds. The predicted octanol–water partition coefficient (Wildman–Crippen LogP) is 1.56. The summed E-state index contributed by atoms with van der Waals surface area (Å²) in [6.45, 7) is 2.85. The average molecular weight is 287 g/mol. The van der Waals surface area contributed by atoms with Gasteiger partial charge in [0.2, 0.25) is 0 Å². The predicted molar refractivity (Wildman–Crippen MR) is 76.6 cm³/mol. The summed E-state index contributed by atoms with van der Waals surface area (Å²) in [5.74, 6) is 0.829. The van der Waals surface area contributed by atoms with Crippen LogP contribution in [0.5, 0.6) is 5.75 Å². The molecule has 1 unspecified atom stereocenters. The second-order valence-corrected chi connectivity index (χ2v) is 6.69. The molecule has 0 saturated carbocycles. The van der Waals surface area contributed by atoms with E-state index in [0.29, 0.717) is 13.2 Å². The Labute approximate surface area is 114 Å². The standard InChI is InChI=1S/C13H21NO4S/c1-11(10-19(3,15)16)14-12-5-4-6-13(9-12)18-8-7-17-2/h4-6,9,11,14H,7-8,10H2,1-3H3. The monoisotopic (exact) mass is 287 g/mol. The van der Waals surface area contributed by atoms with Crippen LogP contribution in [0, 0.1) is 0 Å². The van der Waals surface area contributed by atoms with Gasteiger partial charge in [0.25, 0.3) is 0 Å². The van der Waals surface area contributed by atoms with Crippen molar-refractivity contribution in [2.75, 3.05) is 37.6 Å². The van der Waals surface area contributed by atoms with E-state index < -0.39 is 9.84 Å². The Morgan fingerprint density at radius 2 is 2.05 bits per heavy atom. The van der Waals surface area contributed by atoms with Gasteiger partial charge in [-0.05, 0) is 19.1 Å². The van der Waals surface area contributed by atoms with Gasteiger partial charge in [-0.3, -0.25) is 0 Å². The van der Waals surface area contributed by atoms with Crippen LogP contribution in [0.2, 0.25) is 0 Å². The summed E-state index contributed by atoms with van der Waals surface area (Å²) >= 11 is 0. The Kier molecular flexibility index (Phi) is 6.11. The molecule has 0 radical (unpaired) electrons. The number of nitrogens with one attached hydrogen (secondary N) is 1. The molecule has 6 heteroatoms. The lowest BCUT2D eigenvalue weighted by molar-refractivity contribution is 0.146. The Balaban J connectivity index is 2.56. The minimum atomic E-state index is -2.98. The largest absolute Gasteiger partial charge is 0.491 e. The number of rotatable bonds is 8. The smallest absolute Gasteiger partial charge is 0.149 e. The number of ether oxygens (including phenoxy) is 2. The molecule has 19 heavy (non-hydrogen) atoms. The van der Waals surface area contributed by atoms with Gasteiger partial charge in [-0.2, -0.15) is 0 Å². The third-order valence-electron chi connectivity index (χ3n) is 2.36. The lowest BCUT2D eigenvalue weighted by atomic mass is 10.2. The first kappa shape index (κ1) is 15.8. The van der Waals surface area contributed by atoms with Crippen molar-refractivity contribution in [3.05, 3.63) is 24.3 Å². The van der Waals surface area contributed by atoms with Crippen molar-refractivity contribution in [1.82, 2.24) is 0 Å². The van der Waals surface area contributed by atoms with E-state index in [1.165, 1.54) is 6.26 Å². The highest BCUT2D eigenvalue weighted by Gasteiger charge is 2.10. The van der Waals surface area contributed by atoms with Crippen LogP contribution in [0.1, 0.15) is 6.92 Å². The van der Waals surface area contributed by atoms with Crippen LogP contribution in [-0.2, 0) is 14.6 Å². The molecular weight excluding hydrogens is 266 g/mol. The summed E-state index contributed by atoms with van der Waals surface area (Å²) in [7, 11) is -1.36. The lowest BCUT2D eigenvalue weighted by Gasteiger charge is -2.15. The molecule has 0 aliphatic carbocycles. The van der Waals surface area contributed by atoms with Crippen molar-refractivity contribution in [3.63, 3.8) is 0 Å². The van der Waals surface area contributed by atoms with Crippen molar-refractivity contribution in [3.8, 4) is 5.75 Å². The molecule has 1 aromatic rings. The number of hydrogen-bond acceptors (Lipinski definition) is 5. The van der Waals surface area contributed by atoms with E-state index >= 15 is 0 Å². The van der Waals surface area contributed by atoms with Crippen molar-refractivity contribution < 1.29 is 17.9 Å². The maximum atomic E-state index is 11.2. The van der Waals surface area contributed by atoms with Crippen molar-refractivity contribution >= 4 is 15.5 Å². The quantitative estimate of drug-likeness (QED) is 0.735. The third-order valence-corrected chi connectivity index (χ3v) is 3.46. The average Bonchev–Trinajstić information content (AvgIpc) is 2.27. The normalized spacial score (nSPS) is 13.0. The van der Waals surface area contributed by atoms with Gasteiger partial charge in [0, 0.05) is 31.2 Å². The second kappa shape index (κ2) is 7.35. The molecule has 108 valence electrons. The molecule has 0 bridgehead atoms. The van der Waals surface area contributed by atoms with Gasteiger partial charge in [-0.15, -0.1) is 0 Å². The number of methoxy groups -OCH3 is 1. The van der Waals surface area contributed by atoms with Crippen LogP contribution in [0.4, 0.5) is 5.69 Å². The fraction of sp³-hybridized carbons (Fsp3) is 0.538. The summed E-state index contributed by atoms with van der Waals surface area (Å²) in [6, 6.07) is 7.28. The Bertz CT molecular complexity index is 487. The van der Waals surface area contributed by atoms with Crippen LogP contribution in [0.25, 0.3) is 0 Å². The summed E-state index contributed by atoms with van der Waals surface area (Å²) < 4.78 is 32.8. The Morgan fingerprint density at radius 3 is 2.68 bits per heavy atom. The zero-order valence-corrected chi connectivity index (χ0v) is 12.4. The van der Waals surface area contributed by atoms with Gasteiger partial charge in [0.15, 0.2) is 0 Å². The van der Waals surface area contributed by atoms with E-state index in [1.54, 1.807) is 7.11 Å². The molecule has 1 N–H and O–H groups in total. The molecule has 0 aliphatic rings. The molecule has 0 heterocycles. The molecule has 0 fully saturated rings. The molecule has 5 nitrogen and oxygen atoms in total. The number of benzene rings is 1. The van der Waals surface area contributed by atoms with E-state index in [9.17, 15) is 8.42 Å². The molecule has 0 aliphatic heterocycles. The first-order chi connectivity index (χ1) is 8.90. The van der Waals surface area contributed by atoms with Crippen LogP contribution in [0.15, 0.2) is 24.3 Å². The first-order valence-corrected chi connectivity index (χ1v) is 8.13. The second-order valence-electron chi connectivity index (χ2n) is 4.51. The van der Waals surface area contributed by atoms with Crippen LogP contribution >= 0.6 is 0 Å². The van der Waals surface area contributed by atoms with Crippen molar-refractivity contribution in [1.29, 1.82) is 0 Å². The highest BCUT2D eigenvalue weighted by atomic mass is 32.2. The fourth-order valence-electron chi connectivity index (χ4n) is 1.70. The molecule has 1 aromatic carbocycles. The van der Waals surface area contributed by atoms with Gasteiger partial charge >= 0.3 is 0 Å². The minimum absolute atomic E-state index is 0.0990. The van der Waals surface area contributed by atoms with E-state index in [2.05, 4.69) is 5.32 Å². The molecule has 0 spiro atoms. The zero-order chi connectivity index (χ0) is 14.3. The maximum Gasteiger partial charge on any atom is 0.149 e. The van der Waals surface area contributed by atoms with Crippen LogP contribution < -0.4 is 10.1 Å². The summed E-state index contributed by atoms with van der Waals surface area (Å²) in [5.41, 5.74) is 0.839. The highest BCUT2D eigenvalue weighted by Crippen LogP contribution is 2.18. The van der Waals surface area contributed by atoms with Crippen molar-refractivity contribution in [2.45, 2.75) is 13.0 Å². The summed E-state index contributed by atoms with van der Waals surface area (Å²) in [6.07, 6.45) is 1.23. The van der Waals surface area contributed by atoms with E-state index in [1.807, 2.05) is 31.2 Å². The molecular formula is C13H21NO4S. The Morgan fingerprint density at radius 1 is 1.32 bits per heavy atom. The molecule has 0 saturated heterocycles. The van der Waals surface area contributed by atoms with Crippen LogP contribution in [0.3, 0.4) is 0 Å². The third kappa shape index (κ3) is 7.03. The van der Waals surface area contributed by atoms with Crippen molar-refractivity contribution in [2.24, 2.45) is 0 Å². The topological polar surface area (TPSA) is 64.6 Å². The number of hydrogen-bond donors (Lipinski definition) is 1. The zero-order valence-electron chi connectivity index (χ0n) is 11.5. The van der Waals surface area contributed by atoms with Gasteiger partial charge in [0.05, 0.1) is 12.4 Å². The van der Waals surface area contributed by atoms with Crippen LogP contribution in [-0.4, -0.2) is 46.8 Å². The molecule has 0 aromatic heterocycles. The minimum Gasteiger partial charge on any atom is -0.491 e. The highest BCUT2D eigenvalue weighted by molar-refractivity contribution is 7.90. The summed E-state index contributed by atoms with van der Waals surface area (Å²) in [5, 5.41) is 3.14. The SMILES string of the molecule is COCCOc1cccc(NC(C)CS(C)(=O)=O)c1. The van der Waals surface area contributed by atoms with E-state index in [0.717, 1.165) is 11.4 Å². The van der Waals surface area contributed by atoms with E-state index in [4.69, 9.17) is 9.47 Å². The Hall–Kier alpha value is -1.27. The lowest BCUT2D eigenvalue weighted by Crippen LogP contribution is -2.24. The van der Waals surface area contributed by atoms with Gasteiger partial charge in [-0.25, -0.2) is 8.42 Å². The first-order valence-electron chi connectivity index (χ1n) is 6.07. The molecule has 1 atom stereocenters. The number of anilines is 1. The summed E-state index contributed by atoms with van der Waals surface area (Å²) in [4.78, 5) is 0. The van der Waals surface area contributed by atoms with E-state index in [-0.39, 0.29) is 11.8 Å². The maximum absolute atomic E-state index is 11.2. The fourth-order valence-corrected chi connectivity index (χ4v) is 2.69. The van der Waals surface area contributed by atoms with Gasteiger partial charge in [0.1, 0.15) is 22.2 Å². The van der Waals surface area contributed by atoms with Gasteiger partial charge < -0.3 is 14.8 Å².